The van der Waals surface area contributed by atoms with Gasteiger partial charge in [0.05, 0.1) is 11.4 Å². The molecule has 1 aromatic heterocycles. The van der Waals surface area contributed by atoms with Gasteiger partial charge < -0.3 is 5.11 Å². The minimum atomic E-state index is -1.06. The number of hydrogen-bond donors (Lipinski definition) is 1. The van der Waals surface area contributed by atoms with E-state index < -0.39 is 5.97 Å². The lowest BCUT2D eigenvalue weighted by Gasteiger charge is -2.09. The maximum Gasteiger partial charge on any atom is 0.358 e. The first-order chi connectivity index (χ1) is 12.1. The van der Waals surface area contributed by atoms with E-state index in [2.05, 4.69) is 24.2 Å². The molecule has 25 heavy (non-hydrogen) atoms. The van der Waals surface area contributed by atoms with Crippen LogP contribution in [0, 0.1) is 0 Å². The molecule has 0 radical (unpaired) electrons. The van der Waals surface area contributed by atoms with Crippen molar-refractivity contribution in [3.05, 3.63) is 71.5 Å². The molecule has 0 unspecified atom stereocenters. The molecule has 1 N–H and O–H groups in total. The number of carboxylic acids is 1. The van der Waals surface area contributed by atoms with Crippen molar-refractivity contribution < 1.29 is 9.90 Å². The van der Waals surface area contributed by atoms with Gasteiger partial charge in [0.2, 0.25) is 0 Å². The molecule has 0 spiro atoms. The fourth-order valence-corrected chi connectivity index (χ4v) is 3.39. The molecule has 3 aromatic rings. The van der Waals surface area contributed by atoms with Gasteiger partial charge in [-0.1, -0.05) is 49.4 Å². The normalized spacial score (nSPS) is 11.0. The lowest BCUT2D eigenvalue weighted by molar-refractivity contribution is 0.0689. The van der Waals surface area contributed by atoms with Gasteiger partial charge in [-0.2, -0.15) is 0 Å². The molecule has 3 rings (SSSR count). The smallest absolute Gasteiger partial charge is 0.358 e. The lowest BCUT2D eigenvalue weighted by Crippen LogP contribution is -2.06. The molecule has 5 nitrogen and oxygen atoms in total. The Morgan fingerprint density at radius 3 is 2.40 bits per heavy atom. The van der Waals surface area contributed by atoms with Crippen LogP contribution in [-0.2, 0) is 5.75 Å². The number of aromatic carboxylic acids is 1. The van der Waals surface area contributed by atoms with E-state index in [0.29, 0.717) is 17.4 Å². The molecule has 1 heterocycles. The first-order valence-electron chi connectivity index (χ1n) is 8.02. The Hall–Kier alpha value is -2.60. The Kier molecular flexibility index (Phi) is 5.19. The van der Waals surface area contributed by atoms with E-state index in [0.717, 1.165) is 10.6 Å². The van der Waals surface area contributed by atoms with Crippen LogP contribution in [0.15, 0.2) is 59.5 Å². The molecule has 0 fully saturated rings. The van der Waals surface area contributed by atoms with Crippen LogP contribution in [0.1, 0.15) is 41.5 Å². The number of carbonyl (C=O) groups is 1. The van der Waals surface area contributed by atoms with Crippen molar-refractivity contribution in [2.45, 2.75) is 30.4 Å². The summed E-state index contributed by atoms with van der Waals surface area (Å²) in [4.78, 5) is 12.6. The number of rotatable bonds is 6. The van der Waals surface area contributed by atoms with Crippen molar-refractivity contribution in [1.82, 2.24) is 15.0 Å². The summed E-state index contributed by atoms with van der Waals surface area (Å²) in [5, 5.41) is 17.3. The Bertz CT molecular complexity index is 858. The van der Waals surface area contributed by atoms with Crippen LogP contribution in [0.3, 0.4) is 0 Å². The summed E-state index contributed by atoms with van der Waals surface area (Å²) in [6.07, 6.45) is 0. The maximum absolute atomic E-state index is 11.5. The van der Waals surface area contributed by atoms with Crippen molar-refractivity contribution in [3.63, 3.8) is 0 Å². The number of benzene rings is 2. The van der Waals surface area contributed by atoms with E-state index in [1.165, 1.54) is 5.56 Å². The molecule has 0 aliphatic heterocycles. The van der Waals surface area contributed by atoms with Crippen molar-refractivity contribution in [1.29, 1.82) is 0 Å². The number of carboxylic acid groups (broad SMARTS) is 1. The van der Waals surface area contributed by atoms with E-state index in [1.807, 2.05) is 54.6 Å². The van der Waals surface area contributed by atoms with Gasteiger partial charge >= 0.3 is 5.97 Å². The van der Waals surface area contributed by atoms with Gasteiger partial charge in [-0.25, -0.2) is 9.48 Å². The zero-order valence-corrected chi connectivity index (χ0v) is 14.9. The summed E-state index contributed by atoms with van der Waals surface area (Å²) in [7, 11) is 0. The molecular weight excluding hydrogens is 334 g/mol. The van der Waals surface area contributed by atoms with Crippen LogP contribution < -0.4 is 0 Å². The molecule has 6 heteroatoms. The van der Waals surface area contributed by atoms with Gasteiger partial charge in [-0.3, -0.25) is 0 Å². The molecule has 128 valence electrons. The third-order valence-electron chi connectivity index (χ3n) is 3.89. The second kappa shape index (κ2) is 7.53. The third-order valence-corrected chi connectivity index (χ3v) is 4.91. The predicted molar refractivity (Wildman–Crippen MR) is 98.4 cm³/mol. The van der Waals surface area contributed by atoms with Gasteiger partial charge in [0, 0.05) is 10.6 Å². The molecule has 0 atom stereocenters. The van der Waals surface area contributed by atoms with Crippen LogP contribution in [0.25, 0.3) is 5.69 Å². The highest BCUT2D eigenvalue weighted by Gasteiger charge is 2.20. The number of hydrogen-bond acceptors (Lipinski definition) is 4. The van der Waals surface area contributed by atoms with Crippen molar-refractivity contribution >= 4 is 17.7 Å². The van der Waals surface area contributed by atoms with Crippen LogP contribution in [0.4, 0.5) is 0 Å². The minimum absolute atomic E-state index is 0.00336. The summed E-state index contributed by atoms with van der Waals surface area (Å²) in [5.41, 5.74) is 2.62. The molecule has 0 saturated carbocycles. The third kappa shape index (κ3) is 3.91. The summed E-state index contributed by atoms with van der Waals surface area (Å²) in [5.74, 6) is -0.147. The van der Waals surface area contributed by atoms with Crippen molar-refractivity contribution in [2.75, 3.05) is 0 Å². The highest BCUT2D eigenvalue weighted by Crippen LogP contribution is 2.25. The fourth-order valence-electron chi connectivity index (χ4n) is 2.47. The van der Waals surface area contributed by atoms with E-state index in [1.54, 1.807) is 16.4 Å². The van der Waals surface area contributed by atoms with Crippen LogP contribution in [-0.4, -0.2) is 26.1 Å². The predicted octanol–water partition coefficient (Wildman–Crippen LogP) is 4.38. The Morgan fingerprint density at radius 1 is 1.12 bits per heavy atom. The molecule has 0 aliphatic carbocycles. The second-order valence-electron chi connectivity index (χ2n) is 5.95. The van der Waals surface area contributed by atoms with Crippen LogP contribution in [0.2, 0.25) is 0 Å². The molecule has 2 aromatic carbocycles. The zero-order valence-electron chi connectivity index (χ0n) is 14.1. The number of thioether (sulfide) groups is 1. The summed E-state index contributed by atoms with van der Waals surface area (Å²) in [6, 6.07) is 17.8. The summed E-state index contributed by atoms with van der Waals surface area (Å²) >= 11 is 1.56. The molecule has 0 amide bonds. The van der Waals surface area contributed by atoms with Crippen molar-refractivity contribution in [3.8, 4) is 5.69 Å². The van der Waals surface area contributed by atoms with Gasteiger partial charge in [0.25, 0.3) is 0 Å². The Balaban J connectivity index is 1.92. The van der Waals surface area contributed by atoms with Gasteiger partial charge in [0.1, 0.15) is 0 Å². The Morgan fingerprint density at radius 2 is 1.80 bits per heavy atom. The monoisotopic (exact) mass is 353 g/mol. The van der Waals surface area contributed by atoms with Crippen LogP contribution >= 0.6 is 11.8 Å². The first kappa shape index (κ1) is 17.2. The van der Waals surface area contributed by atoms with Crippen molar-refractivity contribution in [2.24, 2.45) is 0 Å². The maximum atomic E-state index is 11.5. The van der Waals surface area contributed by atoms with Gasteiger partial charge in [-0.15, -0.1) is 16.9 Å². The van der Waals surface area contributed by atoms with Gasteiger partial charge in [0.15, 0.2) is 5.69 Å². The topological polar surface area (TPSA) is 68.0 Å². The molecule has 0 aliphatic rings. The fraction of sp³-hybridized carbons (Fsp3) is 0.211. The van der Waals surface area contributed by atoms with Gasteiger partial charge in [-0.05, 0) is 35.7 Å². The SMILES string of the molecule is CC(C)c1ccc(-n2nnc(C(=O)O)c2CSc2ccccc2)cc1. The van der Waals surface area contributed by atoms with E-state index in [-0.39, 0.29) is 5.69 Å². The van der Waals surface area contributed by atoms with E-state index in [4.69, 9.17) is 0 Å². The average Bonchev–Trinajstić information content (AvgIpc) is 3.05. The molecule has 0 bridgehead atoms. The summed E-state index contributed by atoms with van der Waals surface area (Å²) < 4.78 is 1.61. The van der Waals surface area contributed by atoms with E-state index in [9.17, 15) is 9.90 Å². The summed E-state index contributed by atoms with van der Waals surface area (Å²) in [6.45, 7) is 4.27. The second-order valence-corrected chi connectivity index (χ2v) is 7.00. The first-order valence-corrected chi connectivity index (χ1v) is 9.01. The number of nitrogens with zero attached hydrogens (tertiary/aromatic N) is 3. The highest BCUT2D eigenvalue weighted by molar-refractivity contribution is 7.98. The Labute approximate surface area is 150 Å². The average molecular weight is 353 g/mol. The van der Waals surface area contributed by atoms with E-state index >= 15 is 0 Å². The highest BCUT2D eigenvalue weighted by atomic mass is 32.2. The minimum Gasteiger partial charge on any atom is -0.476 e. The zero-order chi connectivity index (χ0) is 17.8. The van der Waals surface area contributed by atoms with Crippen LogP contribution in [0.5, 0.6) is 0 Å². The number of aromatic nitrogens is 3. The molecule has 0 saturated heterocycles. The largest absolute Gasteiger partial charge is 0.476 e. The molecular formula is C19H19N3O2S. The lowest BCUT2D eigenvalue weighted by atomic mass is 10.0. The quantitative estimate of drug-likeness (QED) is 0.666. The standard InChI is InChI=1S/C19H19N3O2S/c1-13(2)14-8-10-15(11-9-14)22-17(18(19(23)24)20-21-22)12-25-16-6-4-3-5-7-16/h3-11,13H,12H2,1-2H3,(H,23,24).